The number of aromatic nitrogens is 1. The highest BCUT2D eigenvalue weighted by Gasteiger charge is 2.14. The number of ketones is 1. The summed E-state index contributed by atoms with van der Waals surface area (Å²) in [6, 6.07) is 6.84. The van der Waals surface area contributed by atoms with Gasteiger partial charge in [-0.05, 0) is 6.07 Å². The third kappa shape index (κ3) is 1.40. The molecule has 1 aromatic heterocycles. The van der Waals surface area contributed by atoms with Gasteiger partial charge in [-0.3, -0.25) is 4.79 Å². The fourth-order valence-electron chi connectivity index (χ4n) is 1.62. The number of hydrogen-bond acceptors (Lipinski definition) is 3. The summed E-state index contributed by atoms with van der Waals surface area (Å²) >= 11 is 0. The van der Waals surface area contributed by atoms with Crippen LogP contribution in [0.25, 0.3) is 10.9 Å². The van der Waals surface area contributed by atoms with Crippen LogP contribution >= 0.6 is 0 Å². The van der Waals surface area contributed by atoms with Crippen LogP contribution in [0.5, 0.6) is 0 Å². The molecule has 0 spiro atoms. The predicted octanol–water partition coefficient (Wildman–Crippen LogP) is 0.734. The molecule has 2 rings (SSSR count). The predicted molar refractivity (Wildman–Crippen MR) is 52.6 cm³/mol. The van der Waals surface area contributed by atoms with E-state index in [2.05, 4.69) is 4.98 Å². The highest BCUT2D eigenvalue weighted by Crippen LogP contribution is 2.21. The molecule has 4 nitrogen and oxygen atoms in total. The minimum atomic E-state index is -1.34. The number of aromatic amines is 1. The smallest absolute Gasteiger partial charge is 0.176 e. The summed E-state index contributed by atoms with van der Waals surface area (Å²) in [5, 5.41) is 11.4. The van der Waals surface area contributed by atoms with E-state index in [1.807, 2.05) is 0 Å². The lowest BCUT2D eigenvalue weighted by Gasteiger charge is -2.01. The summed E-state index contributed by atoms with van der Waals surface area (Å²) in [6.07, 6.45) is 0. The SMILES string of the molecule is CC(=O)c1[nH]c2ccccc2c1C(=O)[O-]. The quantitative estimate of drug-likeness (QED) is 0.729. The molecule has 76 valence electrons. The third-order valence-corrected chi connectivity index (χ3v) is 2.26. The van der Waals surface area contributed by atoms with Gasteiger partial charge in [0.15, 0.2) is 5.78 Å². The third-order valence-electron chi connectivity index (χ3n) is 2.26. The second-order valence-corrected chi connectivity index (χ2v) is 3.26. The van der Waals surface area contributed by atoms with E-state index in [1.54, 1.807) is 24.3 Å². The van der Waals surface area contributed by atoms with Crippen LogP contribution in [0.1, 0.15) is 27.8 Å². The zero-order valence-electron chi connectivity index (χ0n) is 8.03. The van der Waals surface area contributed by atoms with Crippen LogP contribution in [0.3, 0.4) is 0 Å². The summed E-state index contributed by atoms with van der Waals surface area (Å²) in [5.74, 6) is -1.65. The zero-order chi connectivity index (χ0) is 11.0. The van der Waals surface area contributed by atoms with Crippen LogP contribution in [-0.4, -0.2) is 16.7 Å². The number of benzene rings is 1. The van der Waals surface area contributed by atoms with E-state index in [0.29, 0.717) is 10.9 Å². The van der Waals surface area contributed by atoms with E-state index in [9.17, 15) is 14.7 Å². The highest BCUT2D eigenvalue weighted by atomic mass is 16.4. The number of carbonyl (C=O) groups is 2. The molecule has 1 heterocycles. The number of fused-ring (bicyclic) bond motifs is 1. The van der Waals surface area contributed by atoms with E-state index < -0.39 is 5.97 Å². The van der Waals surface area contributed by atoms with E-state index in [0.717, 1.165) is 0 Å². The molecule has 4 heteroatoms. The minimum absolute atomic E-state index is 0.0573. The van der Waals surface area contributed by atoms with Crippen molar-refractivity contribution in [1.82, 2.24) is 4.98 Å². The number of rotatable bonds is 2. The molecule has 0 radical (unpaired) electrons. The summed E-state index contributed by atoms with van der Waals surface area (Å²) in [4.78, 5) is 24.9. The maximum absolute atomic E-state index is 11.2. The summed E-state index contributed by atoms with van der Waals surface area (Å²) in [5.41, 5.74) is 0.663. The van der Waals surface area contributed by atoms with Crippen LogP contribution in [0.2, 0.25) is 0 Å². The fourth-order valence-corrected chi connectivity index (χ4v) is 1.62. The van der Waals surface area contributed by atoms with E-state index >= 15 is 0 Å². The van der Waals surface area contributed by atoms with Gasteiger partial charge < -0.3 is 14.9 Å². The first kappa shape index (κ1) is 9.45. The average Bonchev–Trinajstić information content (AvgIpc) is 2.56. The topological polar surface area (TPSA) is 73.0 Å². The Labute approximate surface area is 85.5 Å². The Morgan fingerprint density at radius 1 is 1.27 bits per heavy atom. The Kier molecular flexibility index (Phi) is 2.04. The Morgan fingerprint density at radius 2 is 1.93 bits per heavy atom. The molecule has 0 amide bonds. The van der Waals surface area contributed by atoms with Gasteiger partial charge in [-0.2, -0.15) is 0 Å². The first-order chi connectivity index (χ1) is 7.11. The molecule has 0 unspecified atom stereocenters. The van der Waals surface area contributed by atoms with Crippen molar-refractivity contribution in [2.45, 2.75) is 6.92 Å². The number of nitrogens with one attached hydrogen (secondary N) is 1. The van der Waals surface area contributed by atoms with E-state index in [1.165, 1.54) is 6.92 Å². The number of Topliss-reactive ketones (excluding diaryl/α,β-unsaturated/α-hetero) is 1. The lowest BCUT2D eigenvalue weighted by molar-refractivity contribution is -0.254. The van der Waals surface area contributed by atoms with Crippen LogP contribution in [0.15, 0.2) is 24.3 Å². The Balaban J connectivity index is 2.86. The number of carbonyl (C=O) groups excluding carboxylic acids is 2. The molecule has 0 saturated heterocycles. The molecule has 0 aliphatic heterocycles. The number of para-hydroxylation sites is 1. The largest absolute Gasteiger partial charge is 0.545 e. The number of H-pyrrole nitrogens is 1. The molecule has 0 atom stereocenters. The monoisotopic (exact) mass is 202 g/mol. The van der Waals surface area contributed by atoms with Crippen molar-refractivity contribution in [1.29, 1.82) is 0 Å². The molecular formula is C11H8NO3-. The molecule has 0 aliphatic carbocycles. The standard InChI is InChI=1S/C11H9NO3/c1-6(13)10-9(11(14)15)7-4-2-3-5-8(7)12-10/h2-5,12H,1H3,(H,14,15)/p-1. The average molecular weight is 202 g/mol. The van der Waals surface area contributed by atoms with Crippen molar-refractivity contribution in [2.24, 2.45) is 0 Å². The molecule has 2 aromatic rings. The molecule has 0 saturated carbocycles. The maximum atomic E-state index is 11.2. The summed E-state index contributed by atoms with van der Waals surface area (Å²) < 4.78 is 0. The van der Waals surface area contributed by atoms with Crippen molar-refractivity contribution in [3.05, 3.63) is 35.5 Å². The highest BCUT2D eigenvalue weighted by molar-refractivity contribution is 6.12. The maximum Gasteiger partial charge on any atom is 0.176 e. The van der Waals surface area contributed by atoms with Crippen LogP contribution < -0.4 is 5.11 Å². The van der Waals surface area contributed by atoms with Crippen LogP contribution in [-0.2, 0) is 0 Å². The van der Waals surface area contributed by atoms with Gasteiger partial charge in [0.05, 0.1) is 11.7 Å². The van der Waals surface area contributed by atoms with Gasteiger partial charge in [0.1, 0.15) is 0 Å². The van der Waals surface area contributed by atoms with Crippen molar-refractivity contribution in [3.8, 4) is 0 Å². The van der Waals surface area contributed by atoms with Crippen molar-refractivity contribution in [3.63, 3.8) is 0 Å². The van der Waals surface area contributed by atoms with Crippen LogP contribution in [0.4, 0.5) is 0 Å². The van der Waals surface area contributed by atoms with Gasteiger partial charge >= 0.3 is 0 Å². The molecule has 1 N–H and O–H groups in total. The summed E-state index contributed by atoms with van der Waals surface area (Å²) in [7, 11) is 0. The molecule has 1 aromatic carbocycles. The van der Waals surface area contributed by atoms with Gasteiger partial charge in [0.2, 0.25) is 0 Å². The molecule has 0 aliphatic rings. The van der Waals surface area contributed by atoms with Gasteiger partial charge in [0, 0.05) is 23.4 Å². The van der Waals surface area contributed by atoms with Gasteiger partial charge in [-0.1, -0.05) is 18.2 Å². The Morgan fingerprint density at radius 3 is 2.53 bits per heavy atom. The van der Waals surface area contributed by atoms with E-state index in [-0.39, 0.29) is 17.0 Å². The number of carboxylic acid groups (broad SMARTS) is 1. The molecule has 0 fully saturated rings. The summed E-state index contributed by atoms with van der Waals surface area (Å²) in [6.45, 7) is 1.32. The fraction of sp³-hybridized carbons (Fsp3) is 0.0909. The minimum Gasteiger partial charge on any atom is -0.545 e. The van der Waals surface area contributed by atoms with Gasteiger partial charge in [-0.25, -0.2) is 0 Å². The molecular weight excluding hydrogens is 194 g/mol. The van der Waals surface area contributed by atoms with Crippen molar-refractivity contribution in [2.75, 3.05) is 0 Å². The second kappa shape index (κ2) is 3.24. The van der Waals surface area contributed by atoms with Crippen LogP contribution in [0, 0.1) is 0 Å². The number of aromatic carboxylic acids is 1. The Hall–Kier alpha value is -2.10. The van der Waals surface area contributed by atoms with Crippen molar-refractivity contribution < 1.29 is 14.7 Å². The molecule has 15 heavy (non-hydrogen) atoms. The van der Waals surface area contributed by atoms with Gasteiger partial charge in [0.25, 0.3) is 0 Å². The lowest BCUT2D eigenvalue weighted by atomic mass is 10.1. The number of hydrogen-bond donors (Lipinski definition) is 1. The number of carboxylic acids is 1. The second-order valence-electron chi connectivity index (χ2n) is 3.26. The van der Waals surface area contributed by atoms with Crippen molar-refractivity contribution >= 4 is 22.7 Å². The lowest BCUT2D eigenvalue weighted by Crippen LogP contribution is -2.24. The zero-order valence-corrected chi connectivity index (χ0v) is 8.03. The molecule has 0 bridgehead atoms. The Bertz CT molecular complexity index is 554. The first-order valence-electron chi connectivity index (χ1n) is 4.44. The van der Waals surface area contributed by atoms with E-state index in [4.69, 9.17) is 0 Å². The van der Waals surface area contributed by atoms with Gasteiger partial charge in [-0.15, -0.1) is 0 Å². The first-order valence-corrected chi connectivity index (χ1v) is 4.44. The normalized spacial score (nSPS) is 10.5.